The summed E-state index contributed by atoms with van der Waals surface area (Å²) in [5.74, 6) is -1.71. The first-order chi connectivity index (χ1) is 20.7. The molecule has 0 atom stereocenters. The highest BCUT2D eigenvalue weighted by Crippen LogP contribution is 2.24. The molecule has 0 radical (unpaired) electrons. The smallest absolute Gasteiger partial charge is 0.335 e. The van der Waals surface area contributed by atoms with Gasteiger partial charge in [-0.15, -0.1) is 11.8 Å². The number of anilines is 2. The van der Waals surface area contributed by atoms with Crippen molar-refractivity contribution < 1.29 is 29.0 Å². The number of methoxy groups -OCH3 is 1. The Morgan fingerprint density at radius 3 is 2.35 bits per heavy atom. The summed E-state index contributed by atoms with van der Waals surface area (Å²) in [7, 11) is 1.54. The lowest BCUT2D eigenvalue weighted by Gasteiger charge is -2.13. The van der Waals surface area contributed by atoms with Crippen molar-refractivity contribution >= 4 is 52.9 Å². The maximum atomic E-state index is 13.4. The monoisotopic (exact) mass is 595 g/mol. The van der Waals surface area contributed by atoms with E-state index in [2.05, 4.69) is 16.0 Å². The van der Waals surface area contributed by atoms with Gasteiger partial charge in [0.25, 0.3) is 11.8 Å². The van der Waals surface area contributed by atoms with Crippen LogP contribution in [0, 0.1) is 6.92 Å². The Balaban J connectivity index is 1.46. The van der Waals surface area contributed by atoms with E-state index in [0.29, 0.717) is 28.3 Å². The second-order valence-electron chi connectivity index (χ2n) is 9.31. The summed E-state index contributed by atoms with van der Waals surface area (Å²) < 4.78 is 5.28. The fourth-order valence-electron chi connectivity index (χ4n) is 3.93. The topological polar surface area (TPSA) is 134 Å². The van der Waals surface area contributed by atoms with Crippen LogP contribution in [0.25, 0.3) is 6.08 Å². The van der Waals surface area contributed by atoms with E-state index in [9.17, 15) is 24.3 Å². The largest absolute Gasteiger partial charge is 0.497 e. The van der Waals surface area contributed by atoms with E-state index in [1.807, 2.05) is 0 Å². The molecule has 4 aromatic carbocycles. The third-order valence-electron chi connectivity index (χ3n) is 6.15. The highest BCUT2D eigenvalue weighted by atomic mass is 32.2. The van der Waals surface area contributed by atoms with Crippen LogP contribution in [0.4, 0.5) is 11.4 Å². The van der Waals surface area contributed by atoms with Crippen LogP contribution < -0.4 is 20.7 Å². The summed E-state index contributed by atoms with van der Waals surface area (Å²) in [5.41, 5.74) is 2.79. The van der Waals surface area contributed by atoms with Gasteiger partial charge >= 0.3 is 5.97 Å². The summed E-state index contributed by atoms with van der Waals surface area (Å²) in [5, 5.41) is 17.5. The van der Waals surface area contributed by atoms with Gasteiger partial charge < -0.3 is 25.8 Å². The zero-order valence-corrected chi connectivity index (χ0v) is 24.2. The third-order valence-corrected chi connectivity index (χ3v) is 7.15. The van der Waals surface area contributed by atoms with Crippen molar-refractivity contribution in [2.24, 2.45) is 0 Å². The van der Waals surface area contributed by atoms with Gasteiger partial charge in [0.05, 0.1) is 18.4 Å². The second kappa shape index (κ2) is 14.5. The molecule has 0 spiro atoms. The normalized spacial score (nSPS) is 10.9. The molecule has 4 N–H and O–H groups in total. The molecule has 0 heterocycles. The number of aryl methyl sites for hydroxylation is 1. The average Bonchev–Trinajstić information content (AvgIpc) is 3.01. The molecule has 4 aromatic rings. The van der Waals surface area contributed by atoms with Crippen LogP contribution in [-0.4, -0.2) is 41.7 Å². The number of amides is 3. The lowest BCUT2D eigenvalue weighted by Crippen LogP contribution is -2.30. The molecule has 0 unspecified atom stereocenters. The van der Waals surface area contributed by atoms with E-state index >= 15 is 0 Å². The molecule has 4 rings (SSSR count). The first-order valence-corrected chi connectivity index (χ1v) is 14.1. The highest BCUT2D eigenvalue weighted by Gasteiger charge is 2.16. The van der Waals surface area contributed by atoms with Crippen LogP contribution in [0.1, 0.15) is 31.8 Å². The first kappa shape index (κ1) is 30.6. The summed E-state index contributed by atoms with van der Waals surface area (Å²) in [4.78, 5) is 50.9. The van der Waals surface area contributed by atoms with E-state index < -0.39 is 17.8 Å². The number of aromatic carboxylic acids is 1. The van der Waals surface area contributed by atoms with E-state index in [1.165, 1.54) is 23.9 Å². The molecule has 9 nitrogen and oxygen atoms in total. The number of nitrogens with one attached hydrogen (secondary N) is 3. The van der Waals surface area contributed by atoms with Crippen molar-refractivity contribution in [1.82, 2.24) is 5.32 Å². The number of benzene rings is 4. The first-order valence-electron chi connectivity index (χ1n) is 13.1. The van der Waals surface area contributed by atoms with Crippen molar-refractivity contribution in [2.75, 3.05) is 23.5 Å². The van der Waals surface area contributed by atoms with Crippen LogP contribution in [0.2, 0.25) is 0 Å². The number of hydrogen-bond acceptors (Lipinski definition) is 6. The average molecular weight is 596 g/mol. The summed E-state index contributed by atoms with van der Waals surface area (Å²) >= 11 is 1.25. The number of carbonyl (C=O) groups excluding carboxylic acids is 3. The molecule has 0 aliphatic heterocycles. The number of hydrogen-bond donors (Lipinski definition) is 4. The lowest BCUT2D eigenvalue weighted by atomic mass is 10.1. The highest BCUT2D eigenvalue weighted by molar-refractivity contribution is 8.00. The maximum absolute atomic E-state index is 13.4. The van der Waals surface area contributed by atoms with Crippen LogP contribution in [-0.2, 0) is 9.59 Å². The Kier molecular flexibility index (Phi) is 10.3. The van der Waals surface area contributed by atoms with Gasteiger partial charge in [0.15, 0.2) is 0 Å². The molecule has 0 saturated carbocycles. The molecule has 3 amide bonds. The Morgan fingerprint density at radius 2 is 1.60 bits per heavy atom. The van der Waals surface area contributed by atoms with Gasteiger partial charge in [-0.2, -0.15) is 0 Å². The van der Waals surface area contributed by atoms with E-state index in [-0.39, 0.29) is 22.9 Å². The molecule has 0 aromatic heterocycles. The summed E-state index contributed by atoms with van der Waals surface area (Å²) in [6.45, 7) is 1.78. The Labute approximate surface area is 253 Å². The molecule has 10 heteroatoms. The fraction of sp³-hybridized carbons (Fsp3) is 0.0909. The van der Waals surface area contributed by atoms with Gasteiger partial charge in [0, 0.05) is 21.8 Å². The molecule has 0 bridgehead atoms. The number of carboxylic acids is 1. The fourth-order valence-corrected chi connectivity index (χ4v) is 4.68. The van der Waals surface area contributed by atoms with Crippen LogP contribution in [0.15, 0.2) is 108 Å². The molecule has 0 saturated heterocycles. The third kappa shape index (κ3) is 8.82. The Morgan fingerprint density at radius 1 is 0.837 bits per heavy atom. The minimum atomic E-state index is -1.08. The maximum Gasteiger partial charge on any atom is 0.335 e. The van der Waals surface area contributed by atoms with Crippen molar-refractivity contribution in [3.63, 3.8) is 0 Å². The van der Waals surface area contributed by atoms with Crippen molar-refractivity contribution in [1.29, 1.82) is 0 Å². The molecule has 43 heavy (non-hydrogen) atoms. The molecule has 218 valence electrons. The van der Waals surface area contributed by atoms with Gasteiger partial charge in [0.1, 0.15) is 11.4 Å². The quantitative estimate of drug-likeness (QED) is 0.126. The number of ether oxygens (including phenoxy) is 1. The zero-order chi connectivity index (χ0) is 30.8. The van der Waals surface area contributed by atoms with E-state index in [1.54, 1.807) is 105 Å². The second-order valence-corrected chi connectivity index (χ2v) is 10.4. The minimum Gasteiger partial charge on any atom is -0.497 e. The summed E-state index contributed by atoms with van der Waals surface area (Å²) in [6.07, 6.45) is 1.56. The molecule has 0 aliphatic rings. The number of carbonyl (C=O) groups is 4. The van der Waals surface area contributed by atoms with Crippen LogP contribution in [0.3, 0.4) is 0 Å². The predicted octanol–water partition coefficient (Wildman–Crippen LogP) is 5.84. The number of carboxylic acid groups (broad SMARTS) is 1. The standard InChI is InChI=1S/C33H29N3O6S/c1-21-14-15-24(33(40)41)18-28(21)35-30(37)20-43-27-13-7-11-25(19-27)34-32(39)29(17-22-8-6-12-26(16-22)42-2)36-31(38)23-9-4-3-5-10-23/h3-19H,20H2,1-2H3,(H,34,39)(H,35,37)(H,36,38)(H,40,41)/b29-17-. The molecular formula is C33H29N3O6S. The van der Waals surface area contributed by atoms with Crippen LogP contribution >= 0.6 is 11.8 Å². The lowest BCUT2D eigenvalue weighted by molar-refractivity contribution is -0.114. The molecular weight excluding hydrogens is 566 g/mol. The van der Waals surface area contributed by atoms with Gasteiger partial charge in [-0.05, 0) is 78.7 Å². The molecule has 0 aliphatic carbocycles. The van der Waals surface area contributed by atoms with E-state index in [0.717, 1.165) is 10.5 Å². The molecule has 0 fully saturated rings. The number of rotatable bonds is 11. The minimum absolute atomic E-state index is 0.0264. The van der Waals surface area contributed by atoms with Gasteiger partial charge in [0.2, 0.25) is 5.91 Å². The number of thioether (sulfide) groups is 1. The summed E-state index contributed by atoms with van der Waals surface area (Å²) in [6, 6.07) is 27.1. The van der Waals surface area contributed by atoms with Crippen molar-refractivity contribution in [3.05, 3.63) is 125 Å². The SMILES string of the molecule is COc1cccc(/C=C(\NC(=O)c2ccccc2)C(=O)Nc2cccc(SCC(=O)Nc3cc(C(=O)O)ccc3C)c2)c1. The zero-order valence-electron chi connectivity index (χ0n) is 23.4. The Bertz CT molecular complexity index is 1690. The predicted molar refractivity (Wildman–Crippen MR) is 167 cm³/mol. The van der Waals surface area contributed by atoms with Crippen LogP contribution in [0.5, 0.6) is 5.75 Å². The van der Waals surface area contributed by atoms with E-state index in [4.69, 9.17) is 4.74 Å². The van der Waals surface area contributed by atoms with Crippen molar-refractivity contribution in [2.45, 2.75) is 11.8 Å². The van der Waals surface area contributed by atoms with Gasteiger partial charge in [-0.3, -0.25) is 14.4 Å². The van der Waals surface area contributed by atoms with Crippen molar-refractivity contribution in [3.8, 4) is 5.75 Å². The van der Waals surface area contributed by atoms with Gasteiger partial charge in [-0.25, -0.2) is 4.79 Å². The Hall–Kier alpha value is -5.35. The van der Waals surface area contributed by atoms with Gasteiger partial charge in [-0.1, -0.05) is 42.5 Å².